The van der Waals surface area contributed by atoms with Gasteiger partial charge in [0, 0.05) is 6.20 Å². The molecule has 0 unspecified atom stereocenters. The summed E-state index contributed by atoms with van der Waals surface area (Å²) in [5.74, 6) is 1.59. The third-order valence-electron chi connectivity index (χ3n) is 1.95. The van der Waals surface area contributed by atoms with Crippen LogP contribution in [-0.2, 0) is 0 Å². The van der Waals surface area contributed by atoms with Gasteiger partial charge in [-0.15, -0.1) is 0 Å². The molecule has 0 aliphatic carbocycles. The number of hydrogen-bond acceptors (Lipinski definition) is 5. The molecule has 0 saturated carbocycles. The second-order valence-electron chi connectivity index (χ2n) is 3.14. The molecule has 0 bridgehead atoms. The fourth-order valence-electron chi connectivity index (χ4n) is 1.11. The highest BCUT2D eigenvalue weighted by Crippen LogP contribution is 2.21. The zero-order chi connectivity index (χ0) is 12.0. The van der Waals surface area contributed by atoms with E-state index in [-0.39, 0.29) is 17.9 Å². The maximum absolute atomic E-state index is 9.21. The number of aromatic nitrogens is 2. The summed E-state index contributed by atoms with van der Waals surface area (Å²) in [4.78, 5) is 7.88. The largest absolute Gasteiger partial charge is 0.394 e. The minimum absolute atomic E-state index is 0.0188. The van der Waals surface area contributed by atoms with Crippen LogP contribution in [0, 0.1) is 0 Å². The van der Waals surface area contributed by atoms with Crippen LogP contribution >= 0.6 is 39.3 Å². The second kappa shape index (κ2) is 7.32. The lowest BCUT2D eigenvalue weighted by molar-refractivity contribution is 0.272. The van der Waals surface area contributed by atoms with E-state index in [1.165, 1.54) is 0 Å². The van der Waals surface area contributed by atoms with E-state index in [2.05, 4.69) is 31.2 Å². The number of anilines is 1. The minimum Gasteiger partial charge on any atom is -0.394 e. The molecular formula is C9H13BrClN3OS. The quantitative estimate of drug-likeness (QED) is 0.786. The van der Waals surface area contributed by atoms with Gasteiger partial charge in [0.25, 0.3) is 0 Å². The molecule has 2 N–H and O–H groups in total. The van der Waals surface area contributed by atoms with Gasteiger partial charge in [-0.3, -0.25) is 0 Å². The highest BCUT2D eigenvalue weighted by atomic mass is 79.9. The molecule has 1 aromatic rings. The Balaban J connectivity index is 2.65. The number of rotatable bonds is 6. The van der Waals surface area contributed by atoms with Crippen LogP contribution in [0.15, 0.2) is 10.7 Å². The Bertz CT molecular complexity index is 343. The van der Waals surface area contributed by atoms with Gasteiger partial charge in [-0.1, -0.05) is 0 Å². The zero-order valence-corrected chi connectivity index (χ0v) is 11.9. The normalized spacial score (nSPS) is 12.5. The maximum atomic E-state index is 9.21. The molecule has 0 fully saturated rings. The van der Waals surface area contributed by atoms with E-state index in [0.29, 0.717) is 5.82 Å². The Labute approximate surface area is 112 Å². The van der Waals surface area contributed by atoms with Crippen LogP contribution < -0.4 is 5.32 Å². The van der Waals surface area contributed by atoms with Crippen molar-refractivity contribution >= 4 is 45.1 Å². The van der Waals surface area contributed by atoms with E-state index >= 15 is 0 Å². The maximum Gasteiger partial charge on any atom is 0.224 e. The van der Waals surface area contributed by atoms with Gasteiger partial charge in [-0.25, -0.2) is 4.98 Å². The number of halogens is 2. The average molecular weight is 327 g/mol. The fraction of sp³-hybridized carbons (Fsp3) is 0.556. The Morgan fingerprint density at radius 3 is 3.06 bits per heavy atom. The molecule has 0 saturated heterocycles. The Hall–Kier alpha value is -0.0400. The molecular weight excluding hydrogens is 314 g/mol. The van der Waals surface area contributed by atoms with Crippen molar-refractivity contribution in [2.75, 3.05) is 23.9 Å². The minimum atomic E-state index is -0.0188. The van der Waals surface area contributed by atoms with Gasteiger partial charge in [0.1, 0.15) is 5.82 Å². The third-order valence-corrected chi connectivity index (χ3v) is 3.35. The molecule has 0 spiro atoms. The number of nitrogens with one attached hydrogen (secondary N) is 1. The van der Waals surface area contributed by atoms with Gasteiger partial charge < -0.3 is 10.4 Å². The SMILES string of the molecule is CSCC[C@@H](CO)Nc1nc(Cl)ncc1Br. The molecule has 4 nitrogen and oxygen atoms in total. The lowest BCUT2D eigenvalue weighted by Gasteiger charge is -2.17. The Kier molecular flexibility index (Phi) is 6.41. The summed E-state index contributed by atoms with van der Waals surface area (Å²) in [6.45, 7) is 0.0641. The topological polar surface area (TPSA) is 58.0 Å². The first kappa shape index (κ1) is 14.0. The van der Waals surface area contributed by atoms with Crippen molar-refractivity contribution in [2.24, 2.45) is 0 Å². The first-order valence-corrected chi connectivity index (χ1v) is 7.28. The van der Waals surface area contributed by atoms with Gasteiger partial charge in [0.2, 0.25) is 5.28 Å². The zero-order valence-electron chi connectivity index (χ0n) is 8.78. The van der Waals surface area contributed by atoms with Gasteiger partial charge in [-0.05, 0) is 46.0 Å². The van der Waals surface area contributed by atoms with E-state index in [4.69, 9.17) is 11.6 Å². The van der Waals surface area contributed by atoms with Crippen molar-refractivity contribution in [3.8, 4) is 0 Å². The molecule has 0 aromatic carbocycles. The number of nitrogens with zero attached hydrogens (tertiary/aromatic N) is 2. The summed E-state index contributed by atoms with van der Waals surface area (Å²) in [7, 11) is 0. The highest BCUT2D eigenvalue weighted by Gasteiger charge is 2.10. The van der Waals surface area contributed by atoms with Gasteiger partial charge in [0.05, 0.1) is 17.1 Å². The van der Waals surface area contributed by atoms with Crippen molar-refractivity contribution in [1.29, 1.82) is 0 Å². The van der Waals surface area contributed by atoms with E-state index in [0.717, 1.165) is 16.6 Å². The van der Waals surface area contributed by atoms with E-state index in [1.807, 2.05) is 6.26 Å². The van der Waals surface area contributed by atoms with Crippen LogP contribution in [0.25, 0.3) is 0 Å². The first-order chi connectivity index (χ1) is 7.67. The summed E-state index contributed by atoms with van der Waals surface area (Å²) >= 11 is 10.8. The van der Waals surface area contributed by atoms with Crippen LogP contribution in [0.5, 0.6) is 0 Å². The van der Waals surface area contributed by atoms with Gasteiger partial charge in [-0.2, -0.15) is 16.7 Å². The smallest absolute Gasteiger partial charge is 0.224 e. The summed E-state index contributed by atoms with van der Waals surface area (Å²) in [5.41, 5.74) is 0. The van der Waals surface area contributed by atoms with Crippen molar-refractivity contribution in [2.45, 2.75) is 12.5 Å². The van der Waals surface area contributed by atoms with E-state index in [1.54, 1.807) is 18.0 Å². The molecule has 0 radical (unpaired) electrons. The van der Waals surface area contributed by atoms with E-state index < -0.39 is 0 Å². The molecule has 1 aromatic heterocycles. The molecule has 16 heavy (non-hydrogen) atoms. The molecule has 7 heteroatoms. The Morgan fingerprint density at radius 2 is 2.44 bits per heavy atom. The van der Waals surface area contributed by atoms with Crippen LogP contribution in [0.4, 0.5) is 5.82 Å². The molecule has 1 heterocycles. The number of aliphatic hydroxyl groups is 1. The predicted octanol–water partition coefficient (Wildman–Crippen LogP) is 2.42. The lowest BCUT2D eigenvalue weighted by atomic mass is 10.2. The standard InChI is InChI=1S/C9H13BrClN3OS/c1-16-3-2-6(5-15)13-8-7(10)4-12-9(11)14-8/h4,6,15H,2-3,5H2,1H3,(H,12,13,14)/t6-/m0/s1. The fourth-order valence-corrected chi connectivity index (χ4v) is 2.07. The van der Waals surface area contributed by atoms with Gasteiger partial charge in [0.15, 0.2) is 0 Å². The molecule has 1 rings (SSSR count). The summed E-state index contributed by atoms with van der Waals surface area (Å²) < 4.78 is 0.736. The number of hydrogen-bond donors (Lipinski definition) is 2. The third kappa shape index (κ3) is 4.45. The van der Waals surface area contributed by atoms with Crippen LogP contribution in [0.3, 0.4) is 0 Å². The lowest BCUT2D eigenvalue weighted by Crippen LogP contribution is -2.25. The summed E-state index contributed by atoms with van der Waals surface area (Å²) in [6, 6.07) is -0.0188. The molecule has 0 aliphatic rings. The first-order valence-electron chi connectivity index (χ1n) is 4.71. The van der Waals surface area contributed by atoms with Crippen molar-refractivity contribution < 1.29 is 5.11 Å². The van der Waals surface area contributed by atoms with Crippen molar-refractivity contribution in [3.05, 3.63) is 16.0 Å². The Morgan fingerprint density at radius 1 is 1.69 bits per heavy atom. The molecule has 90 valence electrons. The van der Waals surface area contributed by atoms with Crippen molar-refractivity contribution in [3.63, 3.8) is 0 Å². The average Bonchev–Trinajstić information content (AvgIpc) is 2.28. The second-order valence-corrected chi connectivity index (χ2v) is 5.32. The van der Waals surface area contributed by atoms with Crippen LogP contribution in [0.1, 0.15) is 6.42 Å². The van der Waals surface area contributed by atoms with E-state index in [9.17, 15) is 5.11 Å². The summed E-state index contributed by atoms with van der Waals surface area (Å²) in [6.07, 6.45) is 4.48. The monoisotopic (exact) mass is 325 g/mol. The molecule has 0 aliphatic heterocycles. The van der Waals surface area contributed by atoms with Crippen LogP contribution in [-0.4, -0.2) is 39.7 Å². The highest BCUT2D eigenvalue weighted by molar-refractivity contribution is 9.10. The van der Waals surface area contributed by atoms with Crippen LogP contribution in [0.2, 0.25) is 5.28 Å². The molecule has 1 atom stereocenters. The summed E-state index contributed by atoms with van der Waals surface area (Å²) in [5, 5.41) is 12.5. The predicted molar refractivity (Wildman–Crippen MR) is 72.2 cm³/mol. The number of aliphatic hydroxyl groups excluding tert-OH is 1. The molecule has 0 amide bonds. The number of thioether (sulfide) groups is 1. The van der Waals surface area contributed by atoms with Gasteiger partial charge >= 0.3 is 0 Å². The van der Waals surface area contributed by atoms with Crippen molar-refractivity contribution in [1.82, 2.24) is 9.97 Å².